The van der Waals surface area contributed by atoms with Crippen LogP contribution in [0, 0.1) is 11.3 Å². The van der Waals surface area contributed by atoms with E-state index >= 15 is 0 Å². The topological polar surface area (TPSA) is 93.5 Å². The maximum Gasteiger partial charge on any atom is 0.230 e. The van der Waals surface area contributed by atoms with Gasteiger partial charge in [0.15, 0.2) is 0 Å². The summed E-state index contributed by atoms with van der Waals surface area (Å²) < 4.78 is 5.22. The second kappa shape index (κ2) is 5.24. The van der Waals surface area contributed by atoms with Crippen molar-refractivity contribution in [2.45, 2.75) is 25.8 Å². The second-order valence-corrected chi connectivity index (χ2v) is 5.36. The highest BCUT2D eigenvalue weighted by Gasteiger charge is 2.44. The fourth-order valence-corrected chi connectivity index (χ4v) is 1.98. The van der Waals surface area contributed by atoms with Crippen LogP contribution in [0.1, 0.15) is 19.8 Å². The molecular formula is C12H21N3O3. The van der Waals surface area contributed by atoms with E-state index in [-0.39, 0.29) is 23.8 Å². The van der Waals surface area contributed by atoms with Gasteiger partial charge >= 0.3 is 0 Å². The van der Waals surface area contributed by atoms with E-state index in [1.165, 1.54) is 0 Å². The van der Waals surface area contributed by atoms with Crippen molar-refractivity contribution in [3.63, 3.8) is 0 Å². The summed E-state index contributed by atoms with van der Waals surface area (Å²) >= 11 is 0. The van der Waals surface area contributed by atoms with E-state index in [4.69, 9.17) is 10.5 Å². The first-order chi connectivity index (χ1) is 8.54. The average Bonchev–Trinajstić information content (AvgIpc) is 3.13. The molecule has 2 rings (SSSR count). The summed E-state index contributed by atoms with van der Waals surface area (Å²) in [6, 6.07) is -0.265. The van der Waals surface area contributed by atoms with E-state index in [1.807, 2.05) is 6.92 Å². The van der Waals surface area contributed by atoms with E-state index in [9.17, 15) is 9.59 Å². The molecular weight excluding hydrogens is 234 g/mol. The van der Waals surface area contributed by atoms with Gasteiger partial charge in [-0.2, -0.15) is 0 Å². The van der Waals surface area contributed by atoms with Crippen molar-refractivity contribution in [1.29, 1.82) is 0 Å². The normalized spacial score (nSPS) is 31.1. The quantitative estimate of drug-likeness (QED) is 0.549. The van der Waals surface area contributed by atoms with Gasteiger partial charge in [0.05, 0.1) is 18.6 Å². The number of rotatable bonds is 5. The minimum absolute atomic E-state index is 0.0939. The van der Waals surface area contributed by atoms with Crippen LogP contribution in [0.3, 0.4) is 0 Å². The summed E-state index contributed by atoms with van der Waals surface area (Å²) in [5.74, 6) is 0.194. The van der Waals surface area contributed by atoms with Gasteiger partial charge in [-0.15, -0.1) is 0 Å². The van der Waals surface area contributed by atoms with Crippen molar-refractivity contribution in [1.82, 2.24) is 10.6 Å². The molecule has 18 heavy (non-hydrogen) atoms. The van der Waals surface area contributed by atoms with Crippen LogP contribution in [0.25, 0.3) is 0 Å². The zero-order chi connectivity index (χ0) is 13.2. The van der Waals surface area contributed by atoms with E-state index < -0.39 is 5.41 Å². The van der Waals surface area contributed by atoms with Gasteiger partial charge in [-0.25, -0.2) is 0 Å². The Morgan fingerprint density at radius 3 is 2.56 bits per heavy atom. The molecule has 102 valence electrons. The molecule has 2 atom stereocenters. The van der Waals surface area contributed by atoms with Crippen molar-refractivity contribution in [3.8, 4) is 0 Å². The third-order valence-electron chi connectivity index (χ3n) is 3.69. The highest BCUT2D eigenvalue weighted by molar-refractivity contribution is 5.84. The van der Waals surface area contributed by atoms with Gasteiger partial charge in [0.1, 0.15) is 0 Å². The zero-order valence-electron chi connectivity index (χ0n) is 10.7. The predicted molar refractivity (Wildman–Crippen MR) is 65.6 cm³/mol. The molecule has 1 saturated carbocycles. The van der Waals surface area contributed by atoms with Crippen LogP contribution >= 0.6 is 0 Å². The third kappa shape index (κ3) is 2.81. The molecule has 2 aliphatic rings. The molecule has 6 heteroatoms. The van der Waals surface area contributed by atoms with E-state index in [0.29, 0.717) is 26.3 Å². The number of amides is 2. The van der Waals surface area contributed by atoms with Gasteiger partial charge < -0.3 is 21.1 Å². The Bertz CT molecular complexity index is 343. The highest BCUT2D eigenvalue weighted by Crippen LogP contribution is 2.28. The number of hydrogen-bond acceptors (Lipinski definition) is 4. The standard InChI is InChI=1S/C12H21N3O3/c1-12(7-18-6-9(12)13)11(17)15-5-4-14-10(16)8-2-3-8/h8-9H,2-7,13H2,1H3,(H,14,16)(H,15,17). The Morgan fingerprint density at radius 2 is 2.00 bits per heavy atom. The van der Waals surface area contributed by atoms with Crippen molar-refractivity contribution in [2.75, 3.05) is 26.3 Å². The highest BCUT2D eigenvalue weighted by atomic mass is 16.5. The molecule has 4 N–H and O–H groups in total. The summed E-state index contributed by atoms with van der Waals surface area (Å²) in [5, 5.41) is 5.59. The molecule has 2 fully saturated rings. The molecule has 6 nitrogen and oxygen atoms in total. The fourth-order valence-electron chi connectivity index (χ4n) is 1.98. The van der Waals surface area contributed by atoms with Crippen molar-refractivity contribution in [3.05, 3.63) is 0 Å². The molecule has 0 spiro atoms. The lowest BCUT2D eigenvalue weighted by molar-refractivity contribution is -0.131. The number of hydrogen-bond donors (Lipinski definition) is 3. The van der Waals surface area contributed by atoms with Crippen molar-refractivity contribution in [2.24, 2.45) is 17.1 Å². The molecule has 2 amide bonds. The van der Waals surface area contributed by atoms with Gasteiger partial charge in [0.25, 0.3) is 0 Å². The molecule has 1 heterocycles. The summed E-state index contributed by atoms with van der Waals surface area (Å²) in [4.78, 5) is 23.3. The van der Waals surface area contributed by atoms with E-state index in [1.54, 1.807) is 0 Å². The summed E-state index contributed by atoms with van der Waals surface area (Å²) in [6.07, 6.45) is 1.98. The molecule has 1 aliphatic carbocycles. The van der Waals surface area contributed by atoms with Crippen LogP contribution in [-0.2, 0) is 14.3 Å². The Kier molecular flexibility index (Phi) is 3.87. The monoisotopic (exact) mass is 255 g/mol. The summed E-state index contributed by atoms with van der Waals surface area (Å²) in [5.41, 5.74) is 5.21. The molecule has 2 unspecified atom stereocenters. The summed E-state index contributed by atoms with van der Waals surface area (Å²) in [7, 11) is 0. The number of carbonyl (C=O) groups is 2. The first-order valence-electron chi connectivity index (χ1n) is 6.43. The first kappa shape index (κ1) is 13.3. The maximum absolute atomic E-state index is 12.0. The van der Waals surface area contributed by atoms with E-state index in [2.05, 4.69) is 10.6 Å². The van der Waals surface area contributed by atoms with Crippen LogP contribution in [-0.4, -0.2) is 44.2 Å². The lowest BCUT2D eigenvalue weighted by Gasteiger charge is -2.25. The van der Waals surface area contributed by atoms with E-state index in [0.717, 1.165) is 12.8 Å². The molecule has 0 aromatic heterocycles. The number of nitrogens with one attached hydrogen (secondary N) is 2. The SMILES string of the molecule is CC1(C(=O)NCCNC(=O)C2CC2)COCC1N. The van der Waals surface area contributed by atoms with Crippen LogP contribution in [0.5, 0.6) is 0 Å². The Morgan fingerprint density at radius 1 is 1.33 bits per heavy atom. The zero-order valence-corrected chi connectivity index (χ0v) is 10.7. The van der Waals surface area contributed by atoms with Crippen molar-refractivity contribution < 1.29 is 14.3 Å². The summed E-state index contributed by atoms with van der Waals surface area (Å²) in [6.45, 7) is 3.48. The molecule has 0 aromatic rings. The Balaban J connectivity index is 1.66. The lowest BCUT2D eigenvalue weighted by atomic mass is 9.85. The van der Waals surface area contributed by atoms with Crippen molar-refractivity contribution >= 4 is 11.8 Å². The molecule has 1 saturated heterocycles. The molecule has 0 aromatic carbocycles. The second-order valence-electron chi connectivity index (χ2n) is 5.36. The van der Waals surface area contributed by atoms with Gasteiger partial charge in [0.2, 0.25) is 11.8 Å². The predicted octanol–water partition coefficient (Wildman–Crippen LogP) is -1.01. The van der Waals surface area contributed by atoms with Gasteiger partial charge in [-0.1, -0.05) is 0 Å². The maximum atomic E-state index is 12.0. The minimum Gasteiger partial charge on any atom is -0.379 e. The number of ether oxygens (including phenoxy) is 1. The van der Waals surface area contributed by atoms with Gasteiger partial charge in [-0.05, 0) is 19.8 Å². The number of carbonyl (C=O) groups excluding carboxylic acids is 2. The molecule has 1 aliphatic heterocycles. The third-order valence-corrected chi connectivity index (χ3v) is 3.69. The fraction of sp³-hybridized carbons (Fsp3) is 0.833. The smallest absolute Gasteiger partial charge is 0.230 e. The van der Waals surface area contributed by atoms with Gasteiger partial charge in [-0.3, -0.25) is 9.59 Å². The van der Waals surface area contributed by atoms with Crippen LogP contribution < -0.4 is 16.4 Å². The van der Waals surface area contributed by atoms with Crippen LogP contribution in [0.4, 0.5) is 0 Å². The first-order valence-corrected chi connectivity index (χ1v) is 6.43. The average molecular weight is 255 g/mol. The van der Waals surface area contributed by atoms with Gasteiger partial charge in [0, 0.05) is 25.0 Å². The molecule has 0 radical (unpaired) electrons. The lowest BCUT2D eigenvalue weighted by Crippen LogP contribution is -2.51. The molecule has 0 bridgehead atoms. The Labute approximate surface area is 107 Å². The largest absolute Gasteiger partial charge is 0.379 e. The van der Waals surface area contributed by atoms with Crippen LogP contribution in [0.2, 0.25) is 0 Å². The van der Waals surface area contributed by atoms with Crippen LogP contribution in [0.15, 0.2) is 0 Å². The minimum atomic E-state index is -0.652. The number of nitrogens with two attached hydrogens (primary N) is 1. The Hall–Kier alpha value is -1.14.